The number of halogens is 2. The largest absolute Gasteiger partial charge is 0.480 e. The molecule has 1 aliphatic heterocycles. The van der Waals surface area contributed by atoms with Gasteiger partial charge in [-0.05, 0) is 37.7 Å². The Balaban J connectivity index is 1.91. The molecule has 114 valence electrons. The van der Waals surface area contributed by atoms with Crippen LogP contribution in [0.5, 0.6) is 0 Å². The maximum absolute atomic E-state index is 14.0. The zero-order valence-electron chi connectivity index (χ0n) is 11.9. The lowest BCUT2D eigenvalue weighted by molar-refractivity contribution is -0.144. The molecule has 0 radical (unpaired) electrons. The molecule has 1 aromatic rings. The van der Waals surface area contributed by atoms with E-state index in [4.69, 9.17) is 0 Å². The quantitative estimate of drug-likeness (QED) is 0.931. The average Bonchev–Trinajstić information content (AvgIpc) is 3.00. The lowest BCUT2D eigenvalue weighted by Gasteiger charge is -2.30. The first kappa shape index (κ1) is 14.4. The van der Waals surface area contributed by atoms with E-state index < -0.39 is 29.7 Å². The van der Waals surface area contributed by atoms with Crippen LogP contribution in [0.2, 0.25) is 0 Å². The Kier molecular flexibility index (Phi) is 3.69. The fourth-order valence-electron chi connectivity index (χ4n) is 4.08. The molecule has 4 atom stereocenters. The van der Waals surface area contributed by atoms with E-state index in [2.05, 4.69) is 0 Å². The van der Waals surface area contributed by atoms with E-state index >= 15 is 0 Å². The predicted octanol–water partition coefficient (Wildman–Crippen LogP) is 3.21. The molecule has 3 nitrogen and oxygen atoms in total. The van der Waals surface area contributed by atoms with Crippen molar-refractivity contribution >= 4 is 5.97 Å². The van der Waals surface area contributed by atoms with Gasteiger partial charge in [0.2, 0.25) is 0 Å². The minimum absolute atomic E-state index is 0.140. The highest BCUT2D eigenvalue weighted by Gasteiger charge is 2.49. The van der Waals surface area contributed by atoms with Crippen molar-refractivity contribution < 1.29 is 18.7 Å². The van der Waals surface area contributed by atoms with Crippen molar-refractivity contribution in [1.82, 2.24) is 4.90 Å². The smallest absolute Gasteiger partial charge is 0.321 e. The molecule has 0 spiro atoms. The lowest BCUT2D eigenvalue weighted by Crippen LogP contribution is -2.41. The van der Waals surface area contributed by atoms with Crippen LogP contribution < -0.4 is 0 Å². The molecule has 1 saturated heterocycles. The van der Waals surface area contributed by atoms with E-state index in [1.807, 2.05) is 4.90 Å². The highest BCUT2D eigenvalue weighted by atomic mass is 19.2. The molecule has 1 aromatic carbocycles. The molecular formula is C16H19F2NO2. The third-order valence-corrected chi connectivity index (χ3v) is 5.11. The number of benzene rings is 1. The number of carbonyl (C=O) groups is 1. The molecule has 1 aliphatic carbocycles. The van der Waals surface area contributed by atoms with E-state index in [1.54, 1.807) is 6.92 Å². The summed E-state index contributed by atoms with van der Waals surface area (Å²) in [5.74, 6) is -2.10. The molecule has 21 heavy (non-hydrogen) atoms. The van der Waals surface area contributed by atoms with Gasteiger partial charge in [0, 0.05) is 18.2 Å². The second-order valence-corrected chi connectivity index (χ2v) is 6.15. The van der Waals surface area contributed by atoms with Gasteiger partial charge < -0.3 is 5.11 Å². The Morgan fingerprint density at radius 3 is 2.86 bits per heavy atom. The monoisotopic (exact) mass is 295 g/mol. The Morgan fingerprint density at radius 1 is 1.38 bits per heavy atom. The fourth-order valence-corrected chi connectivity index (χ4v) is 4.08. The van der Waals surface area contributed by atoms with Gasteiger partial charge in [-0.1, -0.05) is 18.6 Å². The summed E-state index contributed by atoms with van der Waals surface area (Å²) in [7, 11) is 0. The molecule has 2 aliphatic rings. The summed E-state index contributed by atoms with van der Waals surface area (Å²) < 4.78 is 27.4. The van der Waals surface area contributed by atoms with Gasteiger partial charge >= 0.3 is 5.97 Å². The van der Waals surface area contributed by atoms with E-state index in [-0.39, 0.29) is 11.5 Å². The molecule has 0 bridgehead atoms. The molecular weight excluding hydrogens is 276 g/mol. The van der Waals surface area contributed by atoms with Crippen LogP contribution in [0.1, 0.15) is 37.8 Å². The van der Waals surface area contributed by atoms with Gasteiger partial charge in [-0.15, -0.1) is 0 Å². The molecule has 5 heteroatoms. The molecule has 4 unspecified atom stereocenters. The second-order valence-electron chi connectivity index (χ2n) is 6.15. The summed E-state index contributed by atoms with van der Waals surface area (Å²) in [6.07, 6.45) is 3.01. The third-order valence-electron chi connectivity index (χ3n) is 5.11. The van der Waals surface area contributed by atoms with Crippen LogP contribution in [-0.2, 0) is 4.79 Å². The SMILES string of the molecule is CC(c1cccc(F)c1F)N1CC2CCCC2C1C(=O)O. The van der Waals surface area contributed by atoms with Gasteiger partial charge in [0.15, 0.2) is 11.6 Å². The highest BCUT2D eigenvalue weighted by molar-refractivity contribution is 5.74. The average molecular weight is 295 g/mol. The van der Waals surface area contributed by atoms with Gasteiger partial charge in [0.05, 0.1) is 0 Å². The maximum Gasteiger partial charge on any atom is 0.321 e. The summed E-state index contributed by atoms with van der Waals surface area (Å²) >= 11 is 0. The Hall–Kier alpha value is -1.49. The van der Waals surface area contributed by atoms with Gasteiger partial charge in [-0.3, -0.25) is 9.69 Å². The highest BCUT2D eigenvalue weighted by Crippen LogP contribution is 2.45. The van der Waals surface area contributed by atoms with Crippen LogP contribution in [-0.4, -0.2) is 28.6 Å². The molecule has 1 N–H and O–H groups in total. The number of hydrogen-bond donors (Lipinski definition) is 1. The Morgan fingerprint density at radius 2 is 2.14 bits per heavy atom. The topological polar surface area (TPSA) is 40.5 Å². The molecule has 1 saturated carbocycles. The summed E-state index contributed by atoms with van der Waals surface area (Å²) in [4.78, 5) is 13.5. The van der Waals surface area contributed by atoms with E-state index in [9.17, 15) is 18.7 Å². The van der Waals surface area contributed by atoms with E-state index in [1.165, 1.54) is 12.1 Å². The number of carboxylic acid groups (broad SMARTS) is 1. The molecule has 0 aromatic heterocycles. The molecule has 3 rings (SSSR count). The number of fused-ring (bicyclic) bond motifs is 1. The standard InChI is InChI=1S/C16H19F2NO2/c1-9(11-5-3-7-13(17)14(11)18)19-8-10-4-2-6-12(10)15(19)16(20)21/h3,5,7,9-10,12,15H,2,4,6,8H2,1H3,(H,20,21). The molecule has 2 fully saturated rings. The minimum Gasteiger partial charge on any atom is -0.480 e. The number of rotatable bonds is 3. The summed E-state index contributed by atoms with van der Waals surface area (Å²) in [5, 5.41) is 9.54. The van der Waals surface area contributed by atoms with Crippen LogP contribution >= 0.6 is 0 Å². The summed E-state index contributed by atoms with van der Waals surface area (Å²) in [5.41, 5.74) is 0.237. The Bertz CT molecular complexity index is 563. The van der Waals surface area contributed by atoms with Crippen LogP contribution in [0.4, 0.5) is 8.78 Å². The normalized spacial score (nSPS) is 30.3. The van der Waals surface area contributed by atoms with Crippen LogP contribution in [0.3, 0.4) is 0 Å². The summed E-state index contributed by atoms with van der Waals surface area (Å²) in [6, 6.07) is 3.06. The second kappa shape index (κ2) is 5.37. The maximum atomic E-state index is 14.0. The van der Waals surface area contributed by atoms with Gasteiger partial charge in [-0.2, -0.15) is 0 Å². The van der Waals surface area contributed by atoms with Crippen LogP contribution in [0, 0.1) is 23.5 Å². The zero-order valence-corrected chi connectivity index (χ0v) is 11.9. The van der Waals surface area contributed by atoms with Crippen molar-refractivity contribution in [3.63, 3.8) is 0 Å². The fraction of sp³-hybridized carbons (Fsp3) is 0.562. The Labute approximate surface area is 122 Å². The molecule has 0 amide bonds. The van der Waals surface area contributed by atoms with Gasteiger partial charge in [0.1, 0.15) is 6.04 Å². The van der Waals surface area contributed by atoms with Crippen molar-refractivity contribution in [3.8, 4) is 0 Å². The number of nitrogens with zero attached hydrogens (tertiary/aromatic N) is 1. The molecule has 1 heterocycles. The number of hydrogen-bond acceptors (Lipinski definition) is 2. The van der Waals surface area contributed by atoms with Crippen LogP contribution in [0.25, 0.3) is 0 Å². The van der Waals surface area contributed by atoms with Crippen molar-refractivity contribution in [2.24, 2.45) is 11.8 Å². The number of likely N-dealkylation sites (tertiary alicyclic amines) is 1. The first-order valence-electron chi connectivity index (χ1n) is 7.43. The first-order valence-corrected chi connectivity index (χ1v) is 7.43. The zero-order chi connectivity index (χ0) is 15.1. The summed E-state index contributed by atoms with van der Waals surface area (Å²) in [6.45, 7) is 2.41. The van der Waals surface area contributed by atoms with Crippen molar-refractivity contribution in [3.05, 3.63) is 35.4 Å². The predicted molar refractivity (Wildman–Crippen MR) is 73.7 cm³/mol. The number of aliphatic carboxylic acids is 1. The van der Waals surface area contributed by atoms with E-state index in [0.717, 1.165) is 25.3 Å². The van der Waals surface area contributed by atoms with Crippen molar-refractivity contribution in [2.75, 3.05) is 6.54 Å². The third kappa shape index (κ3) is 2.33. The number of carboxylic acids is 1. The van der Waals surface area contributed by atoms with Gasteiger partial charge in [0.25, 0.3) is 0 Å². The minimum atomic E-state index is -0.884. The van der Waals surface area contributed by atoms with Crippen LogP contribution in [0.15, 0.2) is 18.2 Å². The lowest BCUT2D eigenvalue weighted by atomic mass is 9.94. The first-order chi connectivity index (χ1) is 10.0. The van der Waals surface area contributed by atoms with Crippen molar-refractivity contribution in [1.29, 1.82) is 0 Å². The van der Waals surface area contributed by atoms with Gasteiger partial charge in [-0.25, -0.2) is 8.78 Å². The van der Waals surface area contributed by atoms with Crippen molar-refractivity contribution in [2.45, 2.75) is 38.3 Å². The van der Waals surface area contributed by atoms with E-state index in [0.29, 0.717) is 12.5 Å².